The van der Waals surface area contributed by atoms with Crippen molar-refractivity contribution in [2.75, 3.05) is 7.05 Å². The lowest BCUT2D eigenvalue weighted by Gasteiger charge is -2.06. The van der Waals surface area contributed by atoms with E-state index in [4.69, 9.17) is 0 Å². The first kappa shape index (κ1) is 22.2. The van der Waals surface area contributed by atoms with Gasteiger partial charge in [-0.15, -0.1) is 0 Å². The molecule has 0 atom stereocenters. The number of rotatable bonds is 9. The molecule has 4 heteroatoms. The van der Waals surface area contributed by atoms with Crippen molar-refractivity contribution in [2.45, 2.75) is 26.2 Å². The van der Waals surface area contributed by atoms with Gasteiger partial charge in [-0.1, -0.05) is 20.1 Å². The molecule has 0 amide bonds. The lowest BCUT2D eigenvalue weighted by atomic mass is 10.0. The van der Waals surface area contributed by atoms with Crippen molar-refractivity contribution in [1.29, 1.82) is 0 Å². The van der Waals surface area contributed by atoms with Crippen LogP contribution in [0.5, 0.6) is 0 Å². The minimum Gasteiger partial charge on any atom is -0.212 e. The molecule has 142 valence electrons. The predicted molar refractivity (Wildman–Crippen MR) is 111 cm³/mol. The van der Waals surface area contributed by atoms with E-state index < -0.39 is 5.83 Å². The Bertz CT molecular complexity index is 815. The predicted octanol–water partition coefficient (Wildman–Crippen LogP) is 5.90. The molecule has 0 aliphatic heterocycles. The molecule has 0 saturated heterocycles. The lowest BCUT2D eigenvalue weighted by molar-refractivity contribution is -0.441. The molecule has 0 unspecified atom stereocenters. The van der Waals surface area contributed by atoms with E-state index in [0.717, 1.165) is 23.3 Å². The number of halogens is 2. The summed E-state index contributed by atoms with van der Waals surface area (Å²) in [6.45, 7) is 16.9. The van der Waals surface area contributed by atoms with Gasteiger partial charge in [-0.3, -0.25) is 0 Å². The number of hydrogen-bond acceptors (Lipinski definition) is 0. The smallest absolute Gasteiger partial charge is 0.202 e. The normalized spacial score (nSPS) is 15.7. The molecule has 1 aliphatic rings. The van der Waals surface area contributed by atoms with Gasteiger partial charge in [0.1, 0.15) is 25.4 Å². The van der Waals surface area contributed by atoms with E-state index in [0.29, 0.717) is 18.5 Å². The first-order chi connectivity index (χ1) is 12.7. The van der Waals surface area contributed by atoms with Gasteiger partial charge in [-0.05, 0) is 36.3 Å². The Hall–Kier alpha value is -2.88. The Morgan fingerprint density at radius 3 is 2.41 bits per heavy atom. The second-order valence-corrected chi connectivity index (χ2v) is 6.16. The van der Waals surface area contributed by atoms with Crippen LogP contribution in [0.3, 0.4) is 0 Å². The topological polar surface area (TPSA) is 6.02 Å². The zero-order chi connectivity index (χ0) is 20.4. The molecule has 0 fully saturated rings. The zero-order valence-electron chi connectivity index (χ0n) is 16.2. The summed E-state index contributed by atoms with van der Waals surface area (Å²) in [5.74, 6) is -0.624. The molecular formula is C23H28F2N2+2. The summed E-state index contributed by atoms with van der Waals surface area (Å²) in [5, 5.41) is 0. The summed E-state index contributed by atoms with van der Waals surface area (Å²) >= 11 is 0. The fourth-order valence-electron chi connectivity index (χ4n) is 2.31. The third kappa shape index (κ3) is 7.90. The Morgan fingerprint density at radius 2 is 1.85 bits per heavy atom. The van der Waals surface area contributed by atoms with Gasteiger partial charge in [-0.2, -0.15) is 4.58 Å². The number of nitrogens with zero attached hydrogens (tertiary/aromatic N) is 2. The highest BCUT2D eigenvalue weighted by Gasteiger charge is 2.12. The molecule has 0 aromatic carbocycles. The monoisotopic (exact) mass is 370 g/mol. The van der Waals surface area contributed by atoms with Gasteiger partial charge in [0.2, 0.25) is 5.70 Å². The van der Waals surface area contributed by atoms with Gasteiger partial charge in [0, 0.05) is 37.1 Å². The number of allylic oxidation sites excluding steroid dienone is 11. The molecular weight excluding hydrogens is 342 g/mol. The van der Waals surface area contributed by atoms with E-state index in [1.165, 1.54) is 22.8 Å². The van der Waals surface area contributed by atoms with Crippen molar-refractivity contribution < 1.29 is 17.9 Å². The van der Waals surface area contributed by atoms with Crippen LogP contribution < -0.4 is 0 Å². The lowest BCUT2D eigenvalue weighted by Crippen LogP contribution is -2.08. The molecule has 0 bridgehead atoms. The highest BCUT2D eigenvalue weighted by molar-refractivity contribution is 5.70. The fraction of sp³-hybridized carbons (Fsp3) is 0.217. The Morgan fingerprint density at radius 1 is 1.15 bits per heavy atom. The van der Waals surface area contributed by atoms with Crippen LogP contribution in [0.2, 0.25) is 0 Å². The van der Waals surface area contributed by atoms with Gasteiger partial charge in [0.05, 0.1) is 0 Å². The molecule has 0 radical (unpaired) electrons. The maximum absolute atomic E-state index is 13.1. The molecule has 1 aliphatic carbocycles. The van der Waals surface area contributed by atoms with E-state index in [9.17, 15) is 8.78 Å². The van der Waals surface area contributed by atoms with Crippen molar-refractivity contribution in [3.63, 3.8) is 0 Å². The molecule has 0 heterocycles. The molecule has 0 aromatic rings. The average Bonchev–Trinajstić information content (AvgIpc) is 2.64. The highest BCUT2D eigenvalue weighted by atomic mass is 19.1. The first-order valence-corrected chi connectivity index (χ1v) is 8.75. The third-order valence-corrected chi connectivity index (χ3v) is 4.10. The van der Waals surface area contributed by atoms with E-state index >= 15 is 0 Å². The minimum atomic E-state index is -0.542. The quantitative estimate of drug-likeness (QED) is 0.271. The Kier molecular flexibility index (Phi) is 9.00. The van der Waals surface area contributed by atoms with Crippen molar-refractivity contribution in [1.82, 2.24) is 0 Å². The van der Waals surface area contributed by atoms with Crippen LogP contribution in [0.1, 0.15) is 26.2 Å². The van der Waals surface area contributed by atoms with Crippen LogP contribution in [-0.4, -0.2) is 29.1 Å². The van der Waals surface area contributed by atoms with Crippen LogP contribution in [-0.2, 0) is 0 Å². The van der Waals surface area contributed by atoms with Gasteiger partial charge in [0.15, 0.2) is 18.1 Å². The van der Waals surface area contributed by atoms with Gasteiger partial charge >= 0.3 is 0 Å². The molecule has 2 nitrogen and oxygen atoms in total. The minimum absolute atomic E-state index is 0.0829. The number of hydrogen-bond donors (Lipinski definition) is 0. The molecule has 0 aromatic heterocycles. The molecule has 0 saturated carbocycles. The summed E-state index contributed by atoms with van der Waals surface area (Å²) in [6, 6.07) is 0. The van der Waals surface area contributed by atoms with Crippen LogP contribution in [0, 0.1) is 0 Å². The second-order valence-electron chi connectivity index (χ2n) is 6.16. The summed E-state index contributed by atoms with van der Waals surface area (Å²) in [6.07, 6.45) is 15.5. The average molecular weight is 370 g/mol. The zero-order valence-corrected chi connectivity index (χ0v) is 16.2. The van der Waals surface area contributed by atoms with Crippen LogP contribution in [0.25, 0.3) is 0 Å². The van der Waals surface area contributed by atoms with Crippen LogP contribution in [0.15, 0.2) is 96.6 Å². The second kappa shape index (κ2) is 11.0. The van der Waals surface area contributed by atoms with Crippen LogP contribution >= 0.6 is 0 Å². The standard InChI is InChI=1S/C23H28F2N2/c1-7-21(15-17-27(6)23-12-10-22(25)11-13-23)18(2)14-16-26(5)20(4)9-8-19(3)24/h8-10,12,14-17H,2-5,7,11,13H2,1,6H3/q+2/b9-8-,16-14-,21-15+,27-17?. The maximum atomic E-state index is 13.1. The third-order valence-electron chi connectivity index (χ3n) is 4.10. The summed E-state index contributed by atoms with van der Waals surface area (Å²) in [4.78, 5) is 0. The maximum Gasteiger partial charge on any atom is 0.202 e. The van der Waals surface area contributed by atoms with Crippen molar-refractivity contribution in [3.05, 3.63) is 96.6 Å². The van der Waals surface area contributed by atoms with E-state index in [1.807, 2.05) is 36.9 Å². The van der Waals surface area contributed by atoms with E-state index in [-0.39, 0.29) is 5.83 Å². The largest absolute Gasteiger partial charge is 0.212 e. The highest BCUT2D eigenvalue weighted by Crippen LogP contribution is 2.19. The Labute approximate surface area is 161 Å². The molecule has 27 heavy (non-hydrogen) atoms. The molecule has 0 N–H and O–H groups in total. The molecule has 0 spiro atoms. The SMILES string of the molecule is C=C(F)/C=C\C(=C)[N+](=C)/C=C\C(=C)/C(=C/C=[N+](C)C1=CC=C(F)CC1)CC. The first-order valence-electron chi connectivity index (χ1n) is 8.75. The van der Waals surface area contributed by atoms with Crippen LogP contribution in [0.4, 0.5) is 8.78 Å². The van der Waals surface area contributed by atoms with Gasteiger partial charge in [0.25, 0.3) is 0 Å². The van der Waals surface area contributed by atoms with Gasteiger partial charge in [-0.25, -0.2) is 13.4 Å². The van der Waals surface area contributed by atoms with Crippen molar-refractivity contribution in [3.8, 4) is 0 Å². The fourth-order valence-corrected chi connectivity index (χ4v) is 2.31. The van der Waals surface area contributed by atoms with Crippen molar-refractivity contribution in [2.24, 2.45) is 0 Å². The molecule has 1 rings (SSSR count). The van der Waals surface area contributed by atoms with Gasteiger partial charge < -0.3 is 0 Å². The summed E-state index contributed by atoms with van der Waals surface area (Å²) in [7, 11) is 1.94. The summed E-state index contributed by atoms with van der Waals surface area (Å²) in [5.41, 5.74) is 3.48. The van der Waals surface area contributed by atoms with E-state index in [1.54, 1.807) is 12.3 Å². The van der Waals surface area contributed by atoms with Crippen molar-refractivity contribution >= 4 is 12.9 Å². The Balaban J connectivity index is 2.82. The summed E-state index contributed by atoms with van der Waals surface area (Å²) < 4.78 is 29.3. The van der Waals surface area contributed by atoms with E-state index in [2.05, 4.69) is 26.5 Å².